The molecular weight excluding hydrogens is 302 g/mol. The lowest BCUT2D eigenvalue weighted by atomic mass is 10.2. The van der Waals surface area contributed by atoms with E-state index in [1.165, 1.54) is 5.56 Å². The number of rotatable bonds is 5. The topological polar surface area (TPSA) is 61.4 Å². The Bertz CT molecular complexity index is 758. The van der Waals surface area contributed by atoms with Gasteiger partial charge in [0.2, 0.25) is 11.8 Å². The van der Waals surface area contributed by atoms with Crippen molar-refractivity contribution >= 4 is 28.9 Å². The van der Waals surface area contributed by atoms with Gasteiger partial charge in [0.15, 0.2) is 0 Å². The molecule has 0 atom stereocenters. The van der Waals surface area contributed by atoms with Crippen LogP contribution in [0.15, 0.2) is 48.5 Å². The first-order chi connectivity index (χ1) is 11.7. The summed E-state index contributed by atoms with van der Waals surface area (Å²) in [6.45, 7) is 2.98. The van der Waals surface area contributed by atoms with E-state index in [4.69, 9.17) is 0 Å². The van der Waals surface area contributed by atoms with E-state index < -0.39 is 0 Å². The van der Waals surface area contributed by atoms with Crippen LogP contribution in [0.3, 0.4) is 0 Å². The molecule has 0 saturated carbocycles. The maximum atomic E-state index is 12.3. The van der Waals surface area contributed by atoms with Crippen molar-refractivity contribution in [2.45, 2.75) is 19.8 Å². The Hall–Kier alpha value is -2.82. The fourth-order valence-corrected chi connectivity index (χ4v) is 2.87. The maximum absolute atomic E-state index is 12.3. The molecule has 0 radical (unpaired) electrons. The Morgan fingerprint density at radius 2 is 1.71 bits per heavy atom. The number of carbonyl (C=O) groups is 2. The van der Waals surface area contributed by atoms with Crippen molar-refractivity contribution in [1.29, 1.82) is 0 Å². The molecule has 0 unspecified atom stereocenters. The van der Waals surface area contributed by atoms with Gasteiger partial charge in [-0.3, -0.25) is 9.59 Å². The first-order valence-corrected chi connectivity index (χ1v) is 8.18. The maximum Gasteiger partial charge on any atom is 0.243 e. The Morgan fingerprint density at radius 3 is 2.46 bits per heavy atom. The van der Waals surface area contributed by atoms with Crippen LogP contribution in [0.2, 0.25) is 0 Å². The van der Waals surface area contributed by atoms with Crippen molar-refractivity contribution < 1.29 is 9.59 Å². The average Bonchev–Trinajstić information content (AvgIpc) is 2.98. The Kier molecular flexibility index (Phi) is 4.79. The van der Waals surface area contributed by atoms with Crippen LogP contribution in [0.1, 0.15) is 18.9 Å². The normalized spacial score (nSPS) is 12.6. The lowest BCUT2D eigenvalue weighted by Crippen LogP contribution is -2.31. The molecule has 0 bridgehead atoms. The van der Waals surface area contributed by atoms with Gasteiger partial charge in [-0.05, 0) is 36.2 Å². The number of carbonyl (C=O) groups excluding carboxylic acids is 2. The monoisotopic (exact) mass is 323 g/mol. The summed E-state index contributed by atoms with van der Waals surface area (Å²) in [6, 6.07) is 15.4. The third-order valence-corrected chi connectivity index (χ3v) is 4.07. The molecule has 5 heteroatoms. The van der Waals surface area contributed by atoms with Crippen LogP contribution in [0, 0.1) is 0 Å². The zero-order valence-corrected chi connectivity index (χ0v) is 13.7. The first-order valence-electron chi connectivity index (χ1n) is 8.18. The van der Waals surface area contributed by atoms with E-state index in [1.54, 1.807) is 19.1 Å². The quantitative estimate of drug-likeness (QED) is 0.889. The number of amides is 2. The van der Waals surface area contributed by atoms with Crippen LogP contribution >= 0.6 is 0 Å². The molecular formula is C19H21N3O2. The molecule has 3 rings (SSSR count). The van der Waals surface area contributed by atoms with Gasteiger partial charge in [0.1, 0.15) is 0 Å². The minimum Gasteiger partial charge on any atom is -0.362 e. The summed E-state index contributed by atoms with van der Waals surface area (Å²) >= 11 is 0. The van der Waals surface area contributed by atoms with Gasteiger partial charge in [-0.25, -0.2) is 0 Å². The minimum absolute atomic E-state index is 0.0489. The Labute approximate surface area is 141 Å². The van der Waals surface area contributed by atoms with E-state index in [0.717, 1.165) is 18.7 Å². The molecule has 0 spiro atoms. The van der Waals surface area contributed by atoms with Gasteiger partial charge >= 0.3 is 0 Å². The molecule has 0 fully saturated rings. The minimum atomic E-state index is -0.0642. The van der Waals surface area contributed by atoms with Gasteiger partial charge in [0, 0.05) is 30.0 Å². The second kappa shape index (κ2) is 7.17. The SMILES string of the molecule is CCC(=O)Nc1cccc(NC(=O)CN2CCc3ccccc32)c1. The van der Waals surface area contributed by atoms with Crippen molar-refractivity contribution in [3.05, 3.63) is 54.1 Å². The van der Waals surface area contributed by atoms with Crippen molar-refractivity contribution in [2.75, 3.05) is 28.6 Å². The fraction of sp³-hybridized carbons (Fsp3) is 0.263. The van der Waals surface area contributed by atoms with Crippen LogP contribution in [-0.4, -0.2) is 24.9 Å². The van der Waals surface area contributed by atoms with Crippen molar-refractivity contribution in [2.24, 2.45) is 0 Å². The van der Waals surface area contributed by atoms with Crippen LogP contribution in [-0.2, 0) is 16.0 Å². The molecule has 124 valence electrons. The molecule has 24 heavy (non-hydrogen) atoms. The van der Waals surface area contributed by atoms with Gasteiger partial charge in [-0.15, -0.1) is 0 Å². The standard InChI is InChI=1S/C19H21N3O2/c1-2-18(23)20-15-7-5-8-16(12-15)21-19(24)13-22-11-10-14-6-3-4-9-17(14)22/h3-9,12H,2,10-11,13H2,1H3,(H,20,23)(H,21,24). The summed E-state index contributed by atoms with van der Waals surface area (Å²) in [5.74, 6) is -0.113. The highest BCUT2D eigenvalue weighted by molar-refractivity contribution is 5.96. The highest BCUT2D eigenvalue weighted by atomic mass is 16.2. The van der Waals surface area contributed by atoms with E-state index in [9.17, 15) is 9.59 Å². The van der Waals surface area contributed by atoms with Crippen LogP contribution < -0.4 is 15.5 Å². The summed E-state index contributed by atoms with van der Waals surface area (Å²) in [4.78, 5) is 25.9. The number of nitrogens with one attached hydrogen (secondary N) is 2. The molecule has 0 aromatic heterocycles. The zero-order chi connectivity index (χ0) is 16.9. The molecule has 5 nitrogen and oxygen atoms in total. The number of benzene rings is 2. The largest absolute Gasteiger partial charge is 0.362 e. The predicted molar refractivity (Wildman–Crippen MR) is 96.4 cm³/mol. The van der Waals surface area contributed by atoms with E-state index >= 15 is 0 Å². The number of anilines is 3. The molecule has 1 heterocycles. The van der Waals surface area contributed by atoms with E-state index in [0.29, 0.717) is 24.3 Å². The highest BCUT2D eigenvalue weighted by Gasteiger charge is 2.20. The average molecular weight is 323 g/mol. The van der Waals surface area contributed by atoms with Gasteiger partial charge in [0.25, 0.3) is 0 Å². The first kappa shape index (κ1) is 16.1. The zero-order valence-electron chi connectivity index (χ0n) is 13.7. The molecule has 1 aliphatic heterocycles. The number of nitrogens with zero attached hydrogens (tertiary/aromatic N) is 1. The van der Waals surface area contributed by atoms with Gasteiger partial charge in [-0.1, -0.05) is 31.2 Å². The Balaban J connectivity index is 1.61. The smallest absolute Gasteiger partial charge is 0.243 e. The molecule has 2 N–H and O–H groups in total. The predicted octanol–water partition coefficient (Wildman–Crippen LogP) is 3.04. The second-order valence-electron chi connectivity index (χ2n) is 5.83. The summed E-state index contributed by atoms with van der Waals surface area (Å²) in [5.41, 5.74) is 3.79. The lowest BCUT2D eigenvalue weighted by Gasteiger charge is -2.19. The third-order valence-electron chi connectivity index (χ3n) is 4.07. The van der Waals surface area contributed by atoms with E-state index in [1.807, 2.05) is 24.3 Å². The van der Waals surface area contributed by atoms with Gasteiger partial charge in [-0.2, -0.15) is 0 Å². The molecule has 2 aromatic rings. The van der Waals surface area contributed by atoms with Crippen LogP contribution in [0.4, 0.5) is 17.1 Å². The van der Waals surface area contributed by atoms with Crippen LogP contribution in [0.5, 0.6) is 0 Å². The molecule has 0 saturated heterocycles. The van der Waals surface area contributed by atoms with E-state index in [-0.39, 0.29) is 11.8 Å². The number of hydrogen-bond donors (Lipinski definition) is 2. The fourth-order valence-electron chi connectivity index (χ4n) is 2.87. The van der Waals surface area contributed by atoms with Crippen molar-refractivity contribution in [1.82, 2.24) is 0 Å². The summed E-state index contributed by atoms with van der Waals surface area (Å²) in [7, 11) is 0. The number of fused-ring (bicyclic) bond motifs is 1. The summed E-state index contributed by atoms with van der Waals surface area (Å²) in [6.07, 6.45) is 1.40. The lowest BCUT2D eigenvalue weighted by molar-refractivity contribution is -0.116. The molecule has 0 aliphatic carbocycles. The summed E-state index contributed by atoms with van der Waals surface area (Å²) < 4.78 is 0. The molecule has 1 aliphatic rings. The highest BCUT2D eigenvalue weighted by Crippen LogP contribution is 2.27. The van der Waals surface area contributed by atoms with Gasteiger partial charge in [0.05, 0.1) is 6.54 Å². The van der Waals surface area contributed by atoms with Crippen LogP contribution in [0.25, 0.3) is 0 Å². The summed E-state index contributed by atoms with van der Waals surface area (Å²) in [5, 5.41) is 5.69. The third kappa shape index (κ3) is 3.74. The second-order valence-corrected chi connectivity index (χ2v) is 5.83. The van der Waals surface area contributed by atoms with Crippen molar-refractivity contribution in [3.63, 3.8) is 0 Å². The molecule has 2 amide bonds. The number of hydrogen-bond acceptors (Lipinski definition) is 3. The van der Waals surface area contributed by atoms with E-state index in [2.05, 4.69) is 27.7 Å². The van der Waals surface area contributed by atoms with Gasteiger partial charge < -0.3 is 15.5 Å². The molecule has 2 aromatic carbocycles. The number of para-hydroxylation sites is 1. The Morgan fingerprint density at radius 1 is 1.00 bits per heavy atom. The van der Waals surface area contributed by atoms with Crippen molar-refractivity contribution in [3.8, 4) is 0 Å².